The van der Waals surface area contributed by atoms with Crippen LogP contribution in [0, 0.1) is 28.6 Å². The van der Waals surface area contributed by atoms with Crippen LogP contribution in [0.25, 0.3) is 0 Å². The van der Waals surface area contributed by atoms with Gasteiger partial charge in [0, 0.05) is 6.54 Å². The van der Waals surface area contributed by atoms with E-state index >= 15 is 0 Å². The zero-order chi connectivity index (χ0) is 25.7. The zero-order valence-corrected chi connectivity index (χ0v) is 20.3. The fraction of sp³-hybridized carbons (Fsp3) is 0.818. The number of alkyl halides is 3. The number of carbonyl (C=O) groups excluding carboxylic acids is 4. The van der Waals surface area contributed by atoms with Crippen LogP contribution in [0.2, 0.25) is 0 Å². The second-order valence-electron chi connectivity index (χ2n) is 10.9. The van der Waals surface area contributed by atoms with Gasteiger partial charge in [0.2, 0.25) is 11.8 Å². The van der Waals surface area contributed by atoms with E-state index in [-0.39, 0.29) is 29.7 Å². The summed E-state index contributed by atoms with van der Waals surface area (Å²) >= 11 is 0. The van der Waals surface area contributed by atoms with E-state index in [0.29, 0.717) is 0 Å². The van der Waals surface area contributed by atoms with Crippen LogP contribution in [0.5, 0.6) is 0 Å². The Morgan fingerprint density at radius 1 is 1.06 bits per heavy atom. The van der Waals surface area contributed by atoms with Crippen LogP contribution in [0.4, 0.5) is 13.2 Å². The van der Waals surface area contributed by atoms with Gasteiger partial charge in [0.1, 0.15) is 18.1 Å². The fourth-order valence-electron chi connectivity index (χ4n) is 4.70. The van der Waals surface area contributed by atoms with Gasteiger partial charge in [0.05, 0.1) is 7.11 Å². The third kappa shape index (κ3) is 5.27. The van der Waals surface area contributed by atoms with Gasteiger partial charge >= 0.3 is 18.1 Å². The normalized spacial score (nSPS) is 25.7. The van der Waals surface area contributed by atoms with Crippen LogP contribution in [-0.4, -0.2) is 66.5 Å². The molecule has 188 valence electrons. The molecule has 1 aliphatic carbocycles. The van der Waals surface area contributed by atoms with Gasteiger partial charge < -0.3 is 20.3 Å². The van der Waals surface area contributed by atoms with Gasteiger partial charge in [-0.1, -0.05) is 48.5 Å². The molecule has 11 heteroatoms. The molecular formula is C22H34F3N3O5. The van der Waals surface area contributed by atoms with Crippen molar-refractivity contribution >= 4 is 23.7 Å². The molecule has 3 amide bonds. The number of likely N-dealkylation sites (tertiary alicyclic amines) is 1. The summed E-state index contributed by atoms with van der Waals surface area (Å²) in [7, 11) is 1.20. The number of rotatable bonds is 6. The number of nitrogens with zero attached hydrogens (tertiary/aromatic N) is 1. The number of ether oxygens (including phenoxy) is 1. The number of carbonyl (C=O) groups is 4. The lowest BCUT2D eigenvalue weighted by Gasteiger charge is -2.38. The molecule has 2 fully saturated rings. The largest absolute Gasteiger partial charge is 0.471 e. The van der Waals surface area contributed by atoms with Gasteiger partial charge in [-0.25, -0.2) is 4.79 Å². The van der Waals surface area contributed by atoms with Gasteiger partial charge in [0.15, 0.2) is 0 Å². The average Bonchev–Trinajstić information content (AvgIpc) is 3.02. The van der Waals surface area contributed by atoms with Crippen molar-refractivity contribution in [2.24, 2.45) is 28.6 Å². The summed E-state index contributed by atoms with van der Waals surface area (Å²) in [5.74, 6) is -4.71. The van der Waals surface area contributed by atoms with Crippen LogP contribution < -0.4 is 10.6 Å². The Morgan fingerprint density at radius 2 is 1.61 bits per heavy atom. The SMILES string of the molecule is COC(=O)[C@@H](NC(=O)[C@@H]1[C@@H]2[C@H](CN1C(=O)[C@@H](NC(=O)C(F)(F)F)C(C)(C)C)C2(C)C)C(C)C. The number of nitrogens with one attached hydrogen (secondary N) is 2. The Morgan fingerprint density at radius 3 is 2.03 bits per heavy atom. The van der Waals surface area contributed by atoms with E-state index < -0.39 is 53.4 Å². The van der Waals surface area contributed by atoms with Gasteiger partial charge in [-0.2, -0.15) is 13.2 Å². The van der Waals surface area contributed by atoms with Gasteiger partial charge in [-0.15, -0.1) is 0 Å². The van der Waals surface area contributed by atoms with Crippen LogP contribution in [0.3, 0.4) is 0 Å². The lowest BCUT2D eigenvalue weighted by molar-refractivity contribution is -0.176. The zero-order valence-electron chi connectivity index (χ0n) is 20.3. The maximum atomic E-state index is 13.4. The van der Waals surface area contributed by atoms with Crippen molar-refractivity contribution < 1.29 is 37.1 Å². The molecule has 1 saturated carbocycles. The molecule has 1 saturated heterocycles. The molecule has 0 unspecified atom stereocenters. The topological polar surface area (TPSA) is 105 Å². The molecule has 0 spiro atoms. The predicted octanol–water partition coefficient (Wildman–Crippen LogP) is 1.88. The lowest BCUT2D eigenvalue weighted by Crippen LogP contribution is -2.61. The number of amides is 3. The predicted molar refractivity (Wildman–Crippen MR) is 112 cm³/mol. The van der Waals surface area contributed by atoms with E-state index in [1.165, 1.54) is 32.8 Å². The fourth-order valence-corrected chi connectivity index (χ4v) is 4.70. The summed E-state index contributed by atoms with van der Waals surface area (Å²) in [6.45, 7) is 12.1. The molecule has 0 radical (unpaired) electrons. The van der Waals surface area contributed by atoms with Crippen LogP contribution in [0.15, 0.2) is 0 Å². The maximum absolute atomic E-state index is 13.4. The van der Waals surface area contributed by atoms with Crippen LogP contribution in [-0.2, 0) is 23.9 Å². The monoisotopic (exact) mass is 477 g/mol. The third-order valence-electron chi connectivity index (χ3n) is 6.83. The first-order chi connectivity index (χ1) is 14.9. The highest BCUT2D eigenvalue weighted by Gasteiger charge is 2.70. The van der Waals surface area contributed by atoms with Crippen molar-refractivity contribution in [2.75, 3.05) is 13.7 Å². The molecule has 2 N–H and O–H groups in total. The van der Waals surface area contributed by atoms with Crippen molar-refractivity contribution in [1.82, 2.24) is 15.5 Å². The number of hydrogen-bond donors (Lipinski definition) is 2. The first-order valence-corrected chi connectivity index (χ1v) is 10.9. The van der Waals surface area contributed by atoms with Crippen molar-refractivity contribution in [2.45, 2.75) is 72.8 Å². The second-order valence-corrected chi connectivity index (χ2v) is 10.9. The minimum Gasteiger partial charge on any atom is -0.467 e. The number of hydrogen-bond acceptors (Lipinski definition) is 5. The standard InChI is InChI=1S/C22H34F3N3O5/c1-10(2)13(18(31)33-8)26-16(29)14-12-11(21(12,6)7)9-28(14)17(30)15(20(3,4)5)27-19(32)22(23,24)25/h10-15H,9H2,1-8H3,(H,26,29)(H,27,32)/t11-,12-,13-,14-,15+/m0/s1. The van der Waals surface area contributed by atoms with Gasteiger partial charge in [-0.3, -0.25) is 14.4 Å². The van der Waals surface area contributed by atoms with E-state index in [9.17, 15) is 32.3 Å². The highest BCUT2D eigenvalue weighted by atomic mass is 19.4. The number of piperidine rings is 1. The van der Waals surface area contributed by atoms with E-state index in [0.717, 1.165) is 0 Å². The Kier molecular flexibility index (Phi) is 7.17. The van der Waals surface area contributed by atoms with Crippen LogP contribution in [0.1, 0.15) is 48.5 Å². The van der Waals surface area contributed by atoms with Crippen molar-refractivity contribution in [3.05, 3.63) is 0 Å². The lowest BCUT2D eigenvalue weighted by atomic mass is 9.85. The quantitative estimate of drug-likeness (QED) is 0.569. The summed E-state index contributed by atoms with van der Waals surface area (Å²) < 4.78 is 43.5. The van der Waals surface area contributed by atoms with Crippen molar-refractivity contribution in [3.8, 4) is 0 Å². The highest BCUT2D eigenvalue weighted by Crippen LogP contribution is 2.65. The molecular weight excluding hydrogens is 443 g/mol. The average molecular weight is 478 g/mol. The first-order valence-electron chi connectivity index (χ1n) is 10.9. The Labute approximate surface area is 192 Å². The first kappa shape index (κ1) is 26.9. The molecule has 0 aromatic heterocycles. The van der Waals surface area contributed by atoms with Gasteiger partial charge in [-0.05, 0) is 28.6 Å². The molecule has 33 heavy (non-hydrogen) atoms. The summed E-state index contributed by atoms with van der Waals surface area (Å²) in [6.07, 6.45) is -5.15. The number of halogens is 3. The molecule has 2 aliphatic rings. The summed E-state index contributed by atoms with van der Waals surface area (Å²) in [4.78, 5) is 51.7. The third-order valence-corrected chi connectivity index (χ3v) is 6.83. The smallest absolute Gasteiger partial charge is 0.467 e. The molecule has 0 aromatic carbocycles. The van der Waals surface area contributed by atoms with Crippen molar-refractivity contribution in [3.63, 3.8) is 0 Å². The summed E-state index contributed by atoms with van der Waals surface area (Å²) in [5, 5.41) is 4.47. The number of esters is 1. The summed E-state index contributed by atoms with van der Waals surface area (Å²) in [5.41, 5.74) is -1.29. The van der Waals surface area contributed by atoms with Gasteiger partial charge in [0.25, 0.3) is 0 Å². The minimum atomic E-state index is -5.15. The van der Waals surface area contributed by atoms with Crippen LogP contribution >= 0.6 is 0 Å². The summed E-state index contributed by atoms with van der Waals surface area (Å²) in [6, 6.07) is -3.41. The number of fused-ring (bicyclic) bond motifs is 1. The Balaban J connectivity index is 2.35. The molecule has 5 atom stereocenters. The second kappa shape index (κ2) is 8.79. The highest BCUT2D eigenvalue weighted by molar-refractivity contribution is 5.96. The molecule has 0 aromatic rings. The molecule has 1 aliphatic heterocycles. The van der Waals surface area contributed by atoms with E-state index in [4.69, 9.17) is 4.74 Å². The molecule has 0 bridgehead atoms. The van der Waals surface area contributed by atoms with E-state index in [1.807, 2.05) is 19.2 Å². The van der Waals surface area contributed by atoms with E-state index in [1.54, 1.807) is 13.8 Å². The Hall–Kier alpha value is -2.33. The molecule has 1 heterocycles. The van der Waals surface area contributed by atoms with E-state index in [2.05, 4.69) is 5.32 Å². The number of methoxy groups -OCH3 is 1. The Bertz CT molecular complexity index is 819. The molecule has 8 nitrogen and oxygen atoms in total. The molecule has 2 rings (SSSR count). The van der Waals surface area contributed by atoms with Crippen molar-refractivity contribution in [1.29, 1.82) is 0 Å². The maximum Gasteiger partial charge on any atom is 0.471 e. The minimum absolute atomic E-state index is 0.0215.